The summed E-state index contributed by atoms with van der Waals surface area (Å²) in [6.07, 6.45) is 1.09. The molecule has 0 aromatic heterocycles. The van der Waals surface area contributed by atoms with Crippen molar-refractivity contribution in [2.75, 3.05) is 18.4 Å². The number of nitrogens with zero attached hydrogens (tertiary/aromatic N) is 1. The molecule has 0 bridgehead atoms. The summed E-state index contributed by atoms with van der Waals surface area (Å²) >= 11 is 0. The third-order valence-electron chi connectivity index (χ3n) is 5.99. The first-order chi connectivity index (χ1) is 14.2. The molecule has 1 aliphatic heterocycles. The Hall–Kier alpha value is -2.18. The summed E-state index contributed by atoms with van der Waals surface area (Å²) in [5.74, 6) is 0.141. The van der Waals surface area contributed by atoms with Crippen LogP contribution in [0.2, 0.25) is 0 Å². The van der Waals surface area contributed by atoms with Gasteiger partial charge in [-0.25, -0.2) is 12.7 Å². The second-order valence-electron chi connectivity index (χ2n) is 8.54. The third-order valence-corrected chi connectivity index (χ3v) is 7.82. The van der Waals surface area contributed by atoms with Crippen molar-refractivity contribution in [3.63, 3.8) is 0 Å². The predicted molar refractivity (Wildman–Crippen MR) is 122 cm³/mol. The zero-order chi connectivity index (χ0) is 21.9. The average Bonchev–Trinajstić information content (AvgIpc) is 2.71. The number of sulfonamides is 1. The molecule has 1 fully saturated rings. The van der Waals surface area contributed by atoms with Crippen molar-refractivity contribution in [1.29, 1.82) is 0 Å². The van der Waals surface area contributed by atoms with Gasteiger partial charge in [-0.1, -0.05) is 56.3 Å². The number of rotatable bonds is 6. The molecule has 1 heterocycles. The Morgan fingerprint density at radius 2 is 1.67 bits per heavy atom. The van der Waals surface area contributed by atoms with Crippen LogP contribution < -0.4 is 5.32 Å². The summed E-state index contributed by atoms with van der Waals surface area (Å²) in [5, 5.41) is 3.12. The summed E-state index contributed by atoms with van der Waals surface area (Å²) in [7, 11) is -3.39. The van der Waals surface area contributed by atoms with Crippen LogP contribution >= 0.6 is 0 Å². The maximum absolute atomic E-state index is 12.9. The van der Waals surface area contributed by atoms with E-state index in [1.54, 1.807) is 0 Å². The predicted octanol–water partition coefficient (Wildman–Crippen LogP) is 4.61. The average molecular weight is 429 g/mol. The molecule has 1 amide bonds. The van der Waals surface area contributed by atoms with E-state index in [0.717, 1.165) is 27.9 Å². The zero-order valence-corrected chi connectivity index (χ0v) is 19.1. The van der Waals surface area contributed by atoms with Crippen molar-refractivity contribution in [2.45, 2.75) is 52.2 Å². The molecule has 0 saturated carbocycles. The quantitative estimate of drug-likeness (QED) is 0.731. The molecule has 3 rings (SSSR count). The number of hydrogen-bond acceptors (Lipinski definition) is 3. The van der Waals surface area contributed by atoms with E-state index in [-0.39, 0.29) is 17.6 Å². The number of anilines is 1. The molecule has 1 aliphatic rings. The molecule has 2 aromatic carbocycles. The summed E-state index contributed by atoms with van der Waals surface area (Å²) in [6.45, 7) is 8.93. The molecular formula is C24H32N2O3S. The second kappa shape index (κ2) is 9.31. The van der Waals surface area contributed by atoms with E-state index in [9.17, 15) is 13.2 Å². The van der Waals surface area contributed by atoms with Gasteiger partial charge >= 0.3 is 0 Å². The minimum Gasteiger partial charge on any atom is -0.325 e. The lowest BCUT2D eigenvalue weighted by atomic mass is 9.95. The first-order valence-corrected chi connectivity index (χ1v) is 12.2. The summed E-state index contributed by atoms with van der Waals surface area (Å²) < 4.78 is 27.3. The molecule has 1 N–H and O–H groups in total. The number of benzene rings is 2. The van der Waals surface area contributed by atoms with Crippen LogP contribution in [-0.4, -0.2) is 31.7 Å². The molecule has 162 valence electrons. The maximum atomic E-state index is 12.9. The molecule has 2 aromatic rings. The van der Waals surface area contributed by atoms with Crippen molar-refractivity contribution in [1.82, 2.24) is 4.31 Å². The zero-order valence-electron chi connectivity index (χ0n) is 18.3. The van der Waals surface area contributed by atoms with Crippen LogP contribution in [0.3, 0.4) is 0 Å². The monoisotopic (exact) mass is 428 g/mol. The fourth-order valence-corrected chi connectivity index (χ4v) is 5.69. The van der Waals surface area contributed by atoms with E-state index in [2.05, 4.69) is 19.2 Å². The largest absolute Gasteiger partial charge is 0.325 e. The van der Waals surface area contributed by atoms with E-state index in [1.165, 1.54) is 4.31 Å². The highest BCUT2D eigenvalue weighted by atomic mass is 32.2. The van der Waals surface area contributed by atoms with Gasteiger partial charge in [0.1, 0.15) is 0 Å². The fraction of sp³-hybridized carbons (Fsp3) is 0.458. The van der Waals surface area contributed by atoms with E-state index in [4.69, 9.17) is 0 Å². The van der Waals surface area contributed by atoms with Crippen molar-refractivity contribution < 1.29 is 13.2 Å². The first kappa shape index (κ1) is 22.5. The third kappa shape index (κ3) is 5.10. The second-order valence-corrected chi connectivity index (χ2v) is 10.5. The van der Waals surface area contributed by atoms with Crippen molar-refractivity contribution in [3.8, 4) is 0 Å². The van der Waals surface area contributed by atoms with Gasteiger partial charge in [0.2, 0.25) is 15.9 Å². The standard InChI is InChI=1S/C24H32N2O3S/c1-17(2)22-11-7-9-19(4)23(22)25-24(27)20-12-14-26(15-13-20)30(28,29)16-21-10-6-5-8-18(21)3/h5-11,17,20H,12-16H2,1-4H3,(H,25,27). The maximum Gasteiger partial charge on any atom is 0.227 e. The van der Waals surface area contributed by atoms with Gasteiger partial charge in [0.25, 0.3) is 0 Å². The lowest BCUT2D eigenvalue weighted by molar-refractivity contribution is -0.120. The molecule has 0 spiro atoms. The van der Waals surface area contributed by atoms with Gasteiger partial charge in [0, 0.05) is 24.7 Å². The number of carbonyl (C=O) groups is 1. The van der Waals surface area contributed by atoms with Gasteiger partial charge in [-0.2, -0.15) is 0 Å². The number of aryl methyl sites for hydroxylation is 2. The Morgan fingerprint density at radius 1 is 1.03 bits per heavy atom. The Balaban J connectivity index is 1.63. The van der Waals surface area contributed by atoms with Crippen LogP contribution in [0, 0.1) is 19.8 Å². The highest BCUT2D eigenvalue weighted by molar-refractivity contribution is 7.88. The normalized spacial score (nSPS) is 16.0. The van der Waals surface area contributed by atoms with Gasteiger partial charge in [-0.15, -0.1) is 0 Å². The highest BCUT2D eigenvalue weighted by Crippen LogP contribution is 2.29. The lowest BCUT2D eigenvalue weighted by Crippen LogP contribution is -2.42. The number of piperidine rings is 1. The smallest absolute Gasteiger partial charge is 0.227 e. The van der Waals surface area contributed by atoms with E-state index in [1.807, 2.05) is 56.3 Å². The Morgan fingerprint density at radius 3 is 2.30 bits per heavy atom. The van der Waals surface area contributed by atoms with E-state index < -0.39 is 10.0 Å². The van der Waals surface area contributed by atoms with E-state index >= 15 is 0 Å². The topological polar surface area (TPSA) is 66.5 Å². The molecule has 6 heteroatoms. The SMILES string of the molecule is Cc1ccccc1CS(=O)(=O)N1CCC(C(=O)Nc2c(C)cccc2C(C)C)CC1. The van der Waals surface area contributed by atoms with Crippen LogP contribution in [0.4, 0.5) is 5.69 Å². The highest BCUT2D eigenvalue weighted by Gasteiger charge is 2.31. The summed E-state index contributed by atoms with van der Waals surface area (Å²) in [4.78, 5) is 12.9. The van der Waals surface area contributed by atoms with Crippen LogP contribution in [-0.2, 0) is 20.6 Å². The van der Waals surface area contributed by atoms with Gasteiger partial charge in [0.15, 0.2) is 0 Å². The van der Waals surface area contributed by atoms with Crippen LogP contribution in [0.15, 0.2) is 42.5 Å². The van der Waals surface area contributed by atoms with Gasteiger partial charge in [0.05, 0.1) is 5.75 Å². The molecular weight excluding hydrogens is 396 g/mol. The molecule has 1 saturated heterocycles. The molecule has 0 radical (unpaired) electrons. The Labute approximate surface area is 180 Å². The Bertz CT molecular complexity index is 1010. The van der Waals surface area contributed by atoms with Crippen molar-refractivity contribution >= 4 is 21.6 Å². The molecule has 0 atom stereocenters. The van der Waals surface area contributed by atoms with Gasteiger partial charge in [-0.05, 0) is 54.9 Å². The Kier molecular flexibility index (Phi) is 6.98. The number of hydrogen-bond donors (Lipinski definition) is 1. The summed E-state index contributed by atoms with van der Waals surface area (Å²) in [5.41, 5.74) is 4.88. The number of para-hydroxylation sites is 1. The van der Waals surface area contributed by atoms with Crippen LogP contribution in [0.5, 0.6) is 0 Å². The fourth-order valence-electron chi connectivity index (χ4n) is 4.02. The number of amides is 1. The van der Waals surface area contributed by atoms with Crippen molar-refractivity contribution in [3.05, 3.63) is 64.7 Å². The molecule has 5 nitrogen and oxygen atoms in total. The van der Waals surface area contributed by atoms with Crippen molar-refractivity contribution in [2.24, 2.45) is 5.92 Å². The van der Waals surface area contributed by atoms with Crippen LogP contribution in [0.25, 0.3) is 0 Å². The molecule has 30 heavy (non-hydrogen) atoms. The number of nitrogens with one attached hydrogen (secondary N) is 1. The van der Waals surface area contributed by atoms with Gasteiger partial charge < -0.3 is 5.32 Å². The van der Waals surface area contributed by atoms with Gasteiger partial charge in [-0.3, -0.25) is 4.79 Å². The molecule has 0 unspecified atom stereocenters. The first-order valence-electron chi connectivity index (χ1n) is 10.6. The summed E-state index contributed by atoms with van der Waals surface area (Å²) in [6, 6.07) is 13.6. The number of carbonyl (C=O) groups excluding carboxylic acids is 1. The van der Waals surface area contributed by atoms with Crippen LogP contribution in [0.1, 0.15) is 54.9 Å². The lowest BCUT2D eigenvalue weighted by Gasteiger charge is -2.31. The minimum atomic E-state index is -3.39. The minimum absolute atomic E-state index is 0.0114. The molecule has 0 aliphatic carbocycles. The van der Waals surface area contributed by atoms with E-state index in [0.29, 0.717) is 31.8 Å².